The fraction of sp³-hybridized carbons (Fsp3) is 0.529. The van der Waals surface area contributed by atoms with Crippen molar-refractivity contribution in [1.29, 1.82) is 0 Å². The van der Waals surface area contributed by atoms with Gasteiger partial charge in [0.05, 0.1) is 27.4 Å². The summed E-state index contributed by atoms with van der Waals surface area (Å²) in [7, 11) is 3.07. The van der Waals surface area contributed by atoms with Crippen LogP contribution in [0.5, 0.6) is 11.5 Å². The maximum absolute atomic E-state index is 12.3. The molecule has 0 aromatic heterocycles. The number of hydrogen-bond acceptors (Lipinski definition) is 6. The first-order valence-corrected chi connectivity index (χ1v) is 7.47. The minimum Gasteiger partial charge on any atom is -0.497 e. The minimum absolute atomic E-state index is 0.123. The number of methoxy groups -OCH3 is 2. The lowest BCUT2D eigenvalue weighted by atomic mass is 9.83. The van der Waals surface area contributed by atoms with Gasteiger partial charge in [0.1, 0.15) is 11.5 Å². The first-order valence-electron chi connectivity index (χ1n) is 7.47. The van der Waals surface area contributed by atoms with Gasteiger partial charge in [-0.2, -0.15) is 0 Å². The second-order valence-electron chi connectivity index (χ2n) is 5.17. The molecule has 0 spiro atoms. The van der Waals surface area contributed by atoms with Gasteiger partial charge in [0.15, 0.2) is 5.41 Å². The standard InChI is InChI=1S/C17H24O6/c1-6-22-15(18)17(3,16(19)23-7-2)11-12-8-13(20-4)10-14(9-12)21-5/h8-10H,6-7,11H2,1-5H3. The third kappa shape index (κ3) is 4.61. The first-order chi connectivity index (χ1) is 10.9. The lowest BCUT2D eigenvalue weighted by molar-refractivity contribution is -0.170. The number of rotatable bonds is 8. The summed E-state index contributed by atoms with van der Waals surface area (Å²) in [6.07, 6.45) is 0.123. The second kappa shape index (κ2) is 8.41. The molecule has 0 unspecified atom stereocenters. The summed E-state index contributed by atoms with van der Waals surface area (Å²) in [4.78, 5) is 24.6. The first kappa shape index (κ1) is 18.8. The molecule has 0 aliphatic rings. The van der Waals surface area contributed by atoms with Gasteiger partial charge < -0.3 is 18.9 Å². The van der Waals surface area contributed by atoms with Crippen molar-refractivity contribution in [3.63, 3.8) is 0 Å². The maximum Gasteiger partial charge on any atom is 0.323 e. The van der Waals surface area contributed by atoms with Crippen LogP contribution in [0.3, 0.4) is 0 Å². The molecular weight excluding hydrogens is 300 g/mol. The smallest absolute Gasteiger partial charge is 0.323 e. The number of benzene rings is 1. The van der Waals surface area contributed by atoms with Crippen LogP contribution in [-0.4, -0.2) is 39.4 Å². The molecule has 0 aliphatic carbocycles. The summed E-state index contributed by atoms with van der Waals surface area (Å²) in [5.74, 6) is -0.0655. The molecule has 0 bridgehead atoms. The van der Waals surface area contributed by atoms with Gasteiger partial charge in [0.2, 0.25) is 0 Å². The van der Waals surface area contributed by atoms with Gasteiger partial charge in [-0.1, -0.05) is 0 Å². The van der Waals surface area contributed by atoms with Crippen LogP contribution in [0.1, 0.15) is 26.3 Å². The Bertz CT molecular complexity index is 512. The van der Waals surface area contributed by atoms with E-state index in [1.165, 1.54) is 21.1 Å². The van der Waals surface area contributed by atoms with Gasteiger partial charge in [-0.25, -0.2) is 0 Å². The van der Waals surface area contributed by atoms with Gasteiger partial charge in [-0.3, -0.25) is 9.59 Å². The average molecular weight is 324 g/mol. The summed E-state index contributed by atoms with van der Waals surface area (Å²) in [5, 5.41) is 0. The molecule has 6 nitrogen and oxygen atoms in total. The highest BCUT2D eigenvalue weighted by Crippen LogP contribution is 2.31. The predicted octanol–water partition coefficient (Wildman–Crippen LogP) is 2.38. The number of carbonyl (C=O) groups is 2. The van der Waals surface area contributed by atoms with Crippen LogP contribution < -0.4 is 9.47 Å². The molecular formula is C17H24O6. The number of hydrogen-bond donors (Lipinski definition) is 0. The highest BCUT2D eigenvalue weighted by molar-refractivity contribution is 6.00. The zero-order valence-corrected chi connectivity index (χ0v) is 14.3. The summed E-state index contributed by atoms with van der Waals surface area (Å²) >= 11 is 0. The van der Waals surface area contributed by atoms with E-state index < -0.39 is 17.4 Å². The van der Waals surface area contributed by atoms with Gasteiger partial charge >= 0.3 is 11.9 Å². The van der Waals surface area contributed by atoms with Crippen LogP contribution in [0.2, 0.25) is 0 Å². The van der Waals surface area contributed by atoms with Crippen LogP contribution in [0.25, 0.3) is 0 Å². The van der Waals surface area contributed by atoms with E-state index in [4.69, 9.17) is 18.9 Å². The zero-order valence-electron chi connectivity index (χ0n) is 14.3. The van der Waals surface area contributed by atoms with Crippen molar-refractivity contribution in [1.82, 2.24) is 0 Å². The van der Waals surface area contributed by atoms with Gasteiger partial charge in [-0.05, 0) is 44.9 Å². The Labute approximate surface area is 136 Å². The Morgan fingerprint density at radius 2 is 1.35 bits per heavy atom. The van der Waals surface area contributed by atoms with Crippen LogP contribution in [0, 0.1) is 5.41 Å². The molecule has 0 amide bonds. The fourth-order valence-electron chi connectivity index (χ4n) is 2.19. The molecule has 0 atom stereocenters. The third-order valence-electron chi connectivity index (χ3n) is 3.42. The summed E-state index contributed by atoms with van der Waals surface area (Å²) in [6, 6.07) is 5.22. The van der Waals surface area contributed by atoms with Crippen molar-refractivity contribution in [2.45, 2.75) is 27.2 Å². The second-order valence-corrected chi connectivity index (χ2v) is 5.17. The van der Waals surface area contributed by atoms with Crippen molar-refractivity contribution >= 4 is 11.9 Å². The van der Waals surface area contributed by atoms with Crippen molar-refractivity contribution in [2.24, 2.45) is 5.41 Å². The summed E-state index contributed by atoms with van der Waals surface area (Å²) in [6.45, 7) is 5.29. The van der Waals surface area contributed by atoms with E-state index in [1.807, 2.05) is 0 Å². The van der Waals surface area contributed by atoms with E-state index in [2.05, 4.69) is 0 Å². The Morgan fingerprint density at radius 1 is 0.913 bits per heavy atom. The van der Waals surface area contributed by atoms with Crippen LogP contribution in [0.15, 0.2) is 18.2 Å². The topological polar surface area (TPSA) is 71.1 Å². The highest BCUT2D eigenvalue weighted by Gasteiger charge is 2.44. The molecule has 0 saturated heterocycles. The van der Waals surface area contributed by atoms with Crippen molar-refractivity contribution in [3.05, 3.63) is 23.8 Å². The van der Waals surface area contributed by atoms with Gasteiger partial charge in [-0.15, -0.1) is 0 Å². The fourth-order valence-corrected chi connectivity index (χ4v) is 2.19. The Hall–Kier alpha value is -2.24. The Kier molecular flexibility index (Phi) is 6.88. The minimum atomic E-state index is -1.43. The third-order valence-corrected chi connectivity index (χ3v) is 3.42. The molecule has 1 aromatic carbocycles. The van der Waals surface area contributed by atoms with E-state index >= 15 is 0 Å². The maximum atomic E-state index is 12.3. The molecule has 0 aliphatic heterocycles. The summed E-state index contributed by atoms with van der Waals surface area (Å²) < 4.78 is 20.5. The molecule has 0 heterocycles. The van der Waals surface area contributed by atoms with Gasteiger partial charge in [0, 0.05) is 6.07 Å². The average Bonchev–Trinajstić information content (AvgIpc) is 2.54. The molecule has 128 valence electrons. The van der Waals surface area contributed by atoms with Crippen LogP contribution >= 0.6 is 0 Å². The van der Waals surface area contributed by atoms with E-state index in [-0.39, 0.29) is 19.6 Å². The molecule has 1 rings (SSSR count). The van der Waals surface area contributed by atoms with Crippen LogP contribution in [-0.2, 0) is 25.5 Å². The van der Waals surface area contributed by atoms with Gasteiger partial charge in [0.25, 0.3) is 0 Å². The Morgan fingerprint density at radius 3 is 1.70 bits per heavy atom. The lowest BCUT2D eigenvalue weighted by Gasteiger charge is -2.25. The quantitative estimate of drug-likeness (QED) is 0.540. The lowest BCUT2D eigenvalue weighted by Crippen LogP contribution is -2.41. The molecule has 1 aromatic rings. The largest absolute Gasteiger partial charge is 0.497 e. The molecule has 0 N–H and O–H groups in total. The number of esters is 2. The molecule has 0 saturated carbocycles. The number of carbonyl (C=O) groups excluding carboxylic acids is 2. The SMILES string of the molecule is CCOC(=O)C(C)(Cc1cc(OC)cc(OC)c1)C(=O)OCC. The summed E-state index contributed by atoms with van der Waals surface area (Å²) in [5.41, 5.74) is -0.714. The predicted molar refractivity (Wildman–Crippen MR) is 84.6 cm³/mol. The highest BCUT2D eigenvalue weighted by atomic mass is 16.6. The normalized spacial score (nSPS) is 10.8. The van der Waals surface area contributed by atoms with E-state index in [9.17, 15) is 9.59 Å². The van der Waals surface area contributed by atoms with Crippen molar-refractivity contribution in [3.8, 4) is 11.5 Å². The van der Waals surface area contributed by atoms with Crippen molar-refractivity contribution in [2.75, 3.05) is 27.4 Å². The molecule has 23 heavy (non-hydrogen) atoms. The van der Waals surface area contributed by atoms with E-state index in [0.717, 1.165) is 0 Å². The van der Waals surface area contributed by atoms with Crippen LogP contribution in [0.4, 0.5) is 0 Å². The molecule has 0 fully saturated rings. The zero-order chi connectivity index (χ0) is 17.5. The number of ether oxygens (including phenoxy) is 4. The Balaban J connectivity index is 3.19. The van der Waals surface area contributed by atoms with E-state index in [0.29, 0.717) is 17.1 Å². The monoisotopic (exact) mass is 324 g/mol. The molecule has 0 radical (unpaired) electrons. The van der Waals surface area contributed by atoms with E-state index in [1.54, 1.807) is 32.0 Å². The van der Waals surface area contributed by atoms with Crippen molar-refractivity contribution < 1.29 is 28.5 Å². The molecule has 6 heteroatoms.